The highest BCUT2D eigenvalue weighted by Crippen LogP contribution is 2.47. The van der Waals surface area contributed by atoms with Crippen LogP contribution in [0.4, 0.5) is 11.4 Å². The Hall–Kier alpha value is -3.62. The Balaban J connectivity index is 1.57. The predicted octanol–water partition coefficient (Wildman–Crippen LogP) is 3.68. The average Bonchev–Trinajstić information content (AvgIpc) is 3.32. The van der Waals surface area contributed by atoms with Gasteiger partial charge in [-0.1, -0.05) is 0 Å². The zero-order valence-corrected chi connectivity index (χ0v) is 15.6. The maximum Gasteiger partial charge on any atom is 0.338 e. The molecule has 1 heterocycles. The molecule has 1 spiro atoms. The van der Waals surface area contributed by atoms with E-state index in [2.05, 4.69) is 10.1 Å². The highest BCUT2D eigenvalue weighted by Gasteiger charge is 2.44. The average molecular weight is 398 g/mol. The van der Waals surface area contributed by atoms with Crippen LogP contribution >= 0.6 is 0 Å². The van der Waals surface area contributed by atoms with Gasteiger partial charge in [0.2, 0.25) is 0 Å². The quantitative estimate of drug-likeness (QED) is 0.474. The SMILES string of the molecule is COC(=O)c1cc(C(=O)Nc2ccc3c(c2)OC2(CCCC2)O3)cc([N+](=O)[O-])c1. The molecule has 2 aromatic carbocycles. The number of anilines is 1. The maximum absolute atomic E-state index is 12.6. The lowest BCUT2D eigenvalue weighted by atomic mass is 10.1. The minimum Gasteiger partial charge on any atom is -0.465 e. The number of ether oxygens (including phenoxy) is 3. The zero-order chi connectivity index (χ0) is 20.6. The molecule has 0 bridgehead atoms. The molecule has 1 saturated carbocycles. The number of nitrogens with one attached hydrogen (secondary N) is 1. The van der Waals surface area contributed by atoms with Gasteiger partial charge in [-0.15, -0.1) is 0 Å². The van der Waals surface area contributed by atoms with E-state index < -0.39 is 22.6 Å². The summed E-state index contributed by atoms with van der Waals surface area (Å²) in [5, 5.41) is 13.8. The Morgan fingerprint density at radius 2 is 1.76 bits per heavy atom. The van der Waals surface area contributed by atoms with Crippen LogP contribution in [-0.2, 0) is 4.74 Å². The van der Waals surface area contributed by atoms with E-state index in [4.69, 9.17) is 9.47 Å². The number of amides is 1. The number of methoxy groups -OCH3 is 1. The highest BCUT2D eigenvalue weighted by atomic mass is 16.7. The number of nitrogens with zero attached hydrogens (tertiary/aromatic N) is 1. The third-order valence-corrected chi connectivity index (χ3v) is 4.97. The van der Waals surface area contributed by atoms with E-state index in [0.29, 0.717) is 17.2 Å². The fraction of sp³-hybridized carbons (Fsp3) is 0.300. The largest absolute Gasteiger partial charge is 0.465 e. The van der Waals surface area contributed by atoms with E-state index in [1.54, 1.807) is 18.2 Å². The molecule has 1 fully saturated rings. The Morgan fingerprint density at radius 3 is 2.45 bits per heavy atom. The Morgan fingerprint density at radius 1 is 1.07 bits per heavy atom. The van der Waals surface area contributed by atoms with Crippen molar-refractivity contribution in [3.8, 4) is 11.5 Å². The van der Waals surface area contributed by atoms with E-state index >= 15 is 0 Å². The van der Waals surface area contributed by atoms with Crippen LogP contribution in [0, 0.1) is 10.1 Å². The normalized spacial score (nSPS) is 15.9. The lowest BCUT2D eigenvalue weighted by Crippen LogP contribution is -2.34. The topological polar surface area (TPSA) is 117 Å². The van der Waals surface area contributed by atoms with Gasteiger partial charge in [0.1, 0.15) is 0 Å². The summed E-state index contributed by atoms with van der Waals surface area (Å²) in [6.45, 7) is 0. The van der Waals surface area contributed by atoms with Crippen LogP contribution in [-0.4, -0.2) is 29.7 Å². The summed E-state index contributed by atoms with van der Waals surface area (Å²) in [7, 11) is 1.16. The van der Waals surface area contributed by atoms with Crippen molar-refractivity contribution in [2.24, 2.45) is 0 Å². The van der Waals surface area contributed by atoms with Gasteiger partial charge >= 0.3 is 5.97 Å². The molecule has 4 rings (SSSR count). The number of rotatable bonds is 4. The Kier molecular flexibility index (Phi) is 4.57. The lowest BCUT2D eigenvalue weighted by Gasteiger charge is -2.21. The second kappa shape index (κ2) is 7.08. The third-order valence-electron chi connectivity index (χ3n) is 4.97. The number of nitro groups is 1. The van der Waals surface area contributed by atoms with E-state index in [0.717, 1.165) is 44.9 Å². The van der Waals surface area contributed by atoms with Gasteiger partial charge in [0.15, 0.2) is 11.5 Å². The van der Waals surface area contributed by atoms with Gasteiger partial charge in [0.25, 0.3) is 17.4 Å². The fourth-order valence-corrected chi connectivity index (χ4v) is 3.58. The molecule has 0 saturated heterocycles. The van der Waals surface area contributed by atoms with Gasteiger partial charge < -0.3 is 19.5 Å². The summed E-state index contributed by atoms with van der Waals surface area (Å²) in [5.41, 5.74) is -0.0596. The van der Waals surface area contributed by atoms with Crippen molar-refractivity contribution < 1.29 is 28.7 Å². The van der Waals surface area contributed by atoms with Crippen molar-refractivity contribution in [1.29, 1.82) is 0 Å². The first-order chi connectivity index (χ1) is 13.9. The summed E-state index contributed by atoms with van der Waals surface area (Å²) in [5.74, 6) is -0.825. The maximum atomic E-state index is 12.6. The molecule has 29 heavy (non-hydrogen) atoms. The molecular formula is C20H18N2O7. The molecule has 9 nitrogen and oxygen atoms in total. The molecule has 1 aliphatic carbocycles. The second-order valence-electron chi connectivity index (χ2n) is 6.95. The number of hydrogen-bond acceptors (Lipinski definition) is 7. The van der Waals surface area contributed by atoms with E-state index in [1.165, 1.54) is 6.07 Å². The van der Waals surface area contributed by atoms with Crippen LogP contribution in [0.15, 0.2) is 36.4 Å². The van der Waals surface area contributed by atoms with Crippen molar-refractivity contribution in [3.05, 3.63) is 57.6 Å². The molecule has 1 amide bonds. The fourth-order valence-electron chi connectivity index (χ4n) is 3.58. The number of benzene rings is 2. The minimum absolute atomic E-state index is 0.0375. The molecule has 0 aromatic heterocycles. The summed E-state index contributed by atoms with van der Waals surface area (Å²) >= 11 is 0. The molecule has 2 aliphatic rings. The number of carbonyl (C=O) groups is 2. The number of nitro benzene ring substituents is 1. The zero-order valence-electron chi connectivity index (χ0n) is 15.6. The molecule has 9 heteroatoms. The van der Waals surface area contributed by atoms with Gasteiger partial charge in [-0.2, -0.15) is 0 Å². The van der Waals surface area contributed by atoms with Gasteiger partial charge in [-0.25, -0.2) is 4.79 Å². The Labute approximate surface area is 165 Å². The van der Waals surface area contributed by atoms with Crippen LogP contribution in [0.2, 0.25) is 0 Å². The third kappa shape index (κ3) is 3.58. The summed E-state index contributed by atoms with van der Waals surface area (Å²) in [6, 6.07) is 8.43. The summed E-state index contributed by atoms with van der Waals surface area (Å²) in [4.78, 5) is 34.9. The molecule has 150 valence electrons. The molecule has 1 aliphatic heterocycles. The highest BCUT2D eigenvalue weighted by molar-refractivity contribution is 6.06. The predicted molar refractivity (Wildman–Crippen MR) is 101 cm³/mol. The molecule has 1 N–H and O–H groups in total. The van der Waals surface area contributed by atoms with E-state index in [1.807, 2.05) is 0 Å². The molecule has 0 atom stereocenters. The standard InChI is InChI=1S/C20H18N2O7/c1-27-19(24)13-8-12(9-15(10-13)22(25)26)18(23)21-14-4-5-16-17(11-14)29-20(28-16)6-2-3-7-20/h4-5,8-11H,2-3,6-7H2,1H3,(H,21,23). The summed E-state index contributed by atoms with van der Waals surface area (Å²) < 4.78 is 16.5. The number of esters is 1. The molecule has 0 radical (unpaired) electrons. The van der Waals surface area contributed by atoms with Crippen molar-refractivity contribution in [2.75, 3.05) is 12.4 Å². The van der Waals surface area contributed by atoms with Crippen LogP contribution < -0.4 is 14.8 Å². The van der Waals surface area contributed by atoms with Crippen molar-refractivity contribution in [2.45, 2.75) is 31.5 Å². The van der Waals surface area contributed by atoms with Crippen LogP contribution in [0.5, 0.6) is 11.5 Å². The van der Waals surface area contributed by atoms with Gasteiger partial charge in [0, 0.05) is 42.3 Å². The Bertz CT molecular complexity index is 1010. The van der Waals surface area contributed by atoms with Crippen LogP contribution in [0.25, 0.3) is 0 Å². The first kappa shape index (κ1) is 18.7. The minimum atomic E-state index is -0.771. The van der Waals surface area contributed by atoms with Crippen LogP contribution in [0.3, 0.4) is 0 Å². The van der Waals surface area contributed by atoms with Crippen molar-refractivity contribution in [1.82, 2.24) is 0 Å². The lowest BCUT2D eigenvalue weighted by molar-refractivity contribution is -0.384. The molecule has 0 unspecified atom stereocenters. The van der Waals surface area contributed by atoms with Gasteiger partial charge in [-0.3, -0.25) is 14.9 Å². The summed E-state index contributed by atoms with van der Waals surface area (Å²) in [6.07, 6.45) is 3.69. The number of non-ortho nitro benzene ring substituents is 1. The van der Waals surface area contributed by atoms with E-state index in [-0.39, 0.29) is 16.8 Å². The van der Waals surface area contributed by atoms with Crippen molar-refractivity contribution in [3.63, 3.8) is 0 Å². The monoisotopic (exact) mass is 398 g/mol. The molecular weight excluding hydrogens is 380 g/mol. The van der Waals surface area contributed by atoms with E-state index in [9.17, 15) is 19.7 Å². The van der Waals surface area contributed by atoms with Crippen molar-refractivity contribution >= 4 is 23.3 Å². The number of carbonyl (C=O) groups excluding carboxylic acids is 2. The van der Waals surface area contributed by atoms with Gasteiger partial charge in [-0.05, 0) is 31.0 Å². The number of fused-ring (bicyclic) bond motifs is 1. The smallest absolute Gasteiger partial charge is 0.338 e. The second-order valence-corrected chi connectivity index (χ2v) is 6.95. The number of hydrogen-bond donors (Lipinski definition) is 1. The first-order valence-corrected chi connectivity index (χ1v) is 9.10. The van der Waals surface area contributed by atoms with Crippen LogP contribution in [0.1, 0.15) is 46.4 Å². The molecule has 2 aromatic rings. The first-order valence-electron chi connectivity index (χ1n) is 9.10. The van der Waals surface area contributed by atoms with Gasteiger partial charge in [0.05, 0.1) is 17.6 Å².